The van der Waals surface area contributed by atoms with Gasteiger partial charge in [-0.3, -0.25) is 9.59 Å². The van der Waals surface area contributed by atoms with Crippen molar-refractivity contribution in [2.45, 2.75) is 37.6 Å². The molecule has 1 aliphatic carbocycles. The number of aliphatic carboxylic acids is 1. The van der Waals surface area contributed by atoms with E-state index in [0.717, 1.165) is 25.7 Å². The van der Waals surface area contributed by atoms with Crippen molar-refractivity contribution in [1.29, 1.82) is 0 Å². The van der Waals surface area contributed by atoms with Gasteiger partial charge in [-0.15, -0.1) is 11.3 Å². The molecule has 0 unspecified atom stereocenters. The van der Waals surface area contributed by atoms with Gasteiger partial charge in [-0.05, 0) is 25.0 Å². The molecule has 1 saturated carbocycles. The van der Waals surface area contributed by atoms with Gasteiger partial charge in [-0.1, -0.05) is 24.4 Å². The van der Waals surface area contributed by atoms with Gasteiger partial charge in [0.2, 0.25) is 0 Å². The second kappa shape index (κ2) is 5.28. The maximum atomic E-state index is 12.0. The van der Waals surface area contributed by atoms with Crippen LogP contribution in [0.15, 0.2) is 12.1 Å². The molecule has 1 amide bonds. The van der Waals surface area contributed by atoms with Gasteiger partial charge >= 0.3 is 5.97 Å². The Balaban J connectivity index is 2.09. The van der Waals surface area contributed by atoms with Crippen LogP contribution in [-0.4, -0.2) is 22.5 Å². The Bertz CT molecular complexity index is 466. The van der Waals surface area contributed by atoms with Crippen LogP contribution in [-0.2, 0) is 4.79 Å². The first-order chi connectivity index (χ1) is 8.51. The maximum Gasteiger partial charge on any atom is 0.305 e. The Morgan fingerprint density at radius 3 is 2.56 bits per heavy atom. The summed E-state index contributed by atoms with van der Waals surface area (Å²) in [4.78, 5) is 23.5. The highest BCUT2D eigenvalue weighted by molar-refractivity contribution is 7.18. The lowest BCUT2D eigenvalue weighted by Crippen LogP contribution is -2.47. The van der Waals surface area contributed by atoms with Crippen molar-refractivity contribution >= 4 is 34.8 Å². The van der Waals surface area contributed by atoms with Gasteiger partial charge in [0.1, 0.15) is 0 Å². The monoisotopic (exact) mass is 287 g/mol. The molecule has 0 atom stereocenters. The third kappa shape index (κ3) is 3.03. The molecule has 1 aromatic heterocycles. The Kier molecular flexibility index (Phi) is 3.92. The fourth-order valence-electron chi connectivity index (χ4n) is 2.43. The van der Waals surface area contributed by atoms with E-state index < -0.39 is 11.5 Å². The third-order valence-corrected chi connectivity index (χ3v) is 4.46. The number of halogens is 1. The molecular weight excluding hydrogens is 274 g/mol. The first-order valence-electron chi connectivity index (χ1n) is 5.80. The van der Waals surface area contributed by atoms with Crippen LogP contribution in [0.2, 0.25) is 4.34 Å². The number of thiophene rings is 1. The van der Waals surface area contributed by atoms with E-state index in [1.807, 2.05) is 0 Å². The van der Waals surface area contributed by atoms with Crippen molar-refractivity contribution in [3.05, 3.63) is 21.3 Å². The molecule has 1 fully saturated rings. The van der Waals surface area contributed by atoms with E-state index in [0.29, 0.717) is 9.21 Å². The summed E-state index contributed by atoms with van der Waals surface area (Å²) in [6, 6.07) is 3.32. The molecule has 1 heterocycles. The lowest BCUT2D eigenvalue weighted by Gasteiger charge is -2.28. The molecule has 0 spiro atoms. The Labute approximate surface area is 114 Å². The fraction of sp³-hybridized carbons (Fsp3) is 0.500. The van der Waals surface area contributed by atoms with Gasteiger partial charge in [-0.25, -0.2) is 0 Å². The van der Waals surface area contributed by atoms with E-state index >= 15 is 0 Å². The fourth-order valence-corrected chi connectivity index (χ4v) is 3.36. The van der Waals surface area contributed by atoms with Crippen LogP contribution >= 0.6 is 22.9 Å². The highest BCUT2D eigenvalue weighted by Crippen LogP contribution is 2.33. The summed E-state index contributed by atoms with van der Waals surface area (Å²) in [6.07, 6.45) is 3.35. The van der Waals surface area contributed by atoms with E-state index in [4.69, 9.17) is 16.7 Å². The summed E-state index contributed by atoms with van der Waals surface area (Å²) < 4.78 is 0.554. The van der Waals surface area contributed by atoms with Crippen molar-refractivity contribution in [3.63, 3.8) is 0 Å². The topological polar surface area (TPSA) is 66.4 Å². The van der Waals surface area contributed by atoms with Gasteiger partial charge in [0.25, 0.3) is 5.91 Å². The summed E-state index contributed by atoms with van der Waals surface area (Å²) in [6.45, 7) is 0. The Morgan fingerprint density at radius 1 is 1.39 bits per heavy atom. The van der Waals surface area contributed by atoms with Crippen molar-refractivity contribution in [2.24, 2.45) is 0 Å². The smallest absolute Gasteiger partial charge is 0.305 e. The van der Waals surface area contributed by atoms with Crippen LogP contribution in [0.1, 0.15) is 41.8 Å². The zero-order valence-electron chi connectivity index (χ0n) is 9.74. The van der Waals surface area contributed by atoms with Gasteiger partial charge < -0.3 is 10.4 Å². The molecule has 18 heavy (non-hydrogen) atoms. The van der Waals surface area contributed by atoms with Crippen LogP contribution < -0.4 is 5.32 Å². The van der Waals surface area contributed by atoms with Crippen LogP contribution in [0, 0.1) is 0 Å². The summed E-state index contributed by atoms with van der Waals surface area (Å²) in [7, 11) is 0. The van der Waals surface area contributed by atoms with Gasteiger partial charge in [0.05, 0.1) is 21.2 Å². The van der Waals surface area contributed by atoms with Crippen molar-refractivity contribution < 1.29 is 14.7 Å². The normalized spacial score (nSPS) is 17.6. The molecular formula is C12H14ClNO3S. The molecule has 2 rings (SSSR count). The lowest BCUT2D eigenvalue weighted by molar-refractivity contribution is -0.138. The molecule has 0 aliphatic heterocycles. The highest BCUT2D eigenvalue weighted by atomic mass is 35.5. The zero-order chi connectivity index (χ0) is 13.2. The predicted molar refractivity (Wildman–Crippen MR) is 70.2 cm³/mol. The number of amides is 1. The minimum atomic E-state index is -0.874. The van der Waals surface area contributed by atoms with E-state index in [-0.39, 0.29) is 12.3 Å². The van der Waals surface area contributed by atoms with Crippen molar-refractivity contribution in [1.82, 2.24) is 5.32 Å². The van der Waals surface area contributed by atoms with Crippen LogP contribution in [0.25, 0.3) is 0 Å². The lowest BCUT2D eigenvalue weighted by atomic mass is 9.93. The minimum Gasteiger partial charge on any atom is -0.481 e. The number of carbonyl (C=O) groups excluding carboxylic acids is 1. The molecule has 0 aromatic carbocycles. The molecule has 0 bridgehead atoms. The van der Waals surface area contributed by atoms with Gasteiger partial charge in [-0.2, -0.15) is 0 Å². The first-order valence-corrected chi connectivity index (χ1v) is 7.00. The summed E-state index contributed by atoms with van der Waals surface area (Å²) in [5, 5.41) is 11.8. The van der Waals surface area contributed by atoms with Crippen molar-refractivity contribution in [3.8, 4) is 0 Å². The third-order valence-electron chi connectivity index (χ3n) is 3.23. The van der Waals surface area contributed by atoms with E-state index in [2.05, 4.69) is 5.32 Å². The number of hydrogen-bond donors (Lipinski definition) is 2. The summed E-state index contributed by atoms with van der Waals surface area (Å²) in [5.41, 5.74) is -0.584. The molecule has 1 aliphatic rings. The van der Waals surface area contributed by atoms with Crippen LogP contribution in [0.5, 0.6) is 0 Å². The molecule has 0 saturated heterocycles. The van der Waals surface area contributed by atoms with Crippen LogP contribution in [0.3, 0.4) is 0 Å². The summed E-state index contributed by atoms with van der Waals surface area (Å²) in [5.74, 6) is -1.10. The highest BCUT2D eigenvalue weighted by Gasteiger charge is 2.37. The van der Waals surface area contributed by atoms with Crippen molar-refractivity contribution in [2.75, 3.05) is 0 Å². The second-order valence-electron chi connectivity index (χ2n) is 4.62. The van der Waals surface area contributed by atoms with E-state index in [1.165, 1.54) is 11.3 Å². The van der Waals surface area contributed by atoms with Gasteiger partial charge in [0, 0.05) is 0 Å². The number of hydrogen-bond acceptors (Lipinski definition) is 3. The predicted octanol–water partition coefficient (Wildman–Crippen LogP) is 2.92. The number of rotatable bonds is 4. The zero-order valence-corrected chi connectivity index (χ0v) is 11.3. The first kappa shape index (κ1) is 13.4. The Hall–Kier alpha value is -1.07. The number of nitrogens with one attached hydrogen (secondary N) is 1. The molecule has 2 N–H and O–H groups in total. The second-order valence-corrected chi connectivity index (χ2v) is 6.33. The number of carboxylic acids is 1. The molecule has 1 aromatic rings. The minimum absolute atomic E-state index is 0.0160. The average Bonchev–Trinajstić information content (AvgIpc) is 2.87. The Morgan fingerprint density at radius 2 is 2.06 bits per heavy atom. The molecule has 98 valence electrons. The summed E-state index contributed by atoms with van der Waals surface area (Å²) >= 11 is 6.99. The largest absolute Gasteiger partial charge is 0.481 e. The quantitative estimate of drug-likeness (QED) is 0.895. The van der Waals surface area contributed by atoms with E-state index in [1.54, 1.807) is 12.1 Å². The molecule has 4 nitrogen and oxygen atoms in total. The molecule has 6 heteroatoms. The standard InChI is InChI=1S/C12H14ClNO3S/c13-9-4-3-8(18-9)11(17)14-12(7-10(15)16)5-1-2-6-12/h3-4H,1-2,5-7H2,(H,14,17)(H,15,16). The SMILES string of the molecule is O=C(O)CC1(NC(=O)c2ccc(Cl)s2)CCCC1. The van der Waals surface area contributed by atoms with E-state index in [9.17, 15) is 9.59 Å². The van der Waals surface area contributed by atoms with Crippen LogP contribution in [0.4, 0.5) is 0 Å². The number of carboxylic acid groups (broad SMARTS) is 1. The molecule has 0 radical (unpaired) electrons. The van der Waals surface area contributed by atoms with Gasteiger partial charge in [0.15, 0.2) is 0 Å². The number of carbonyl (C=O) groups is 2. The average molecular weight is 288 g/mol. The maximum absolute atomic E-state index is 12.0.